The SMILES string of the molecule is C=C(C)C(=O)OC1(C(CC)C(S)CC)c2ccccc2C(=O)c2cc(-c3ccc4c(c3)Sc3ccccc3C4(OC(=O)C(C)(C)C)C3CC4CCC3S4)ccc21. The second-order valence-corrected chi connectivity index (χ2v) is 20.2. The summed E-state index contributed by atoms with van der Waals surface area (Å²) in [7, 11) is 0. The number of carbonyl (C=O) groups is 3. The molecule has 7 atom stereocenters. The van der Waals surface area contributed by atoms with Crippen molar-refractivity contribution < 1.29 is 23.9 Å². The maximum absolute atomic E-state index is 14.6. The van der Waals surface area contributed by atoms with Crippen molar-refractivity contribution in [3.05, 3.63) is 130 Å². The van der Waals surface area contributed by atoms with Crippen molar-refractivity contribution in [1.29, 1.82) is 0 Å². The molecule has 0 N–H and O–H groups in total. The molecular formula is C48H50O5S3. The minimum Gasteiger partial charge on any atom is -0.448 e. The van der Waals surface area contributed by atoms with Crippen molar-refractivity contribution >= 4 is 53.9 Å². The number of rotatable bonds is 9. The van der Waals surface area contributed by atoms with Gasteiger partial charge >= 0.3 is 11.9 Å². The Balaban J connectivity index is 1.30. The number of hydrogen-bond donors (Lipinski definition) is 1. The lowest BCUT2D eigenvalue weighted by atomic mass is 9.65. The summed E-state index contributed by atoms with van der Waals surface area (Å²) in [6, 6.07) is 28.4. The van der Waals surface area contributed by atoms with E-state index in [0.717, 1.165) is 51.3 Å². The number of ether oxygens (including phenoxy) is 2. The molecule has 4 aromatic rings. The molecular weight excluding hydrogens is 753 g/mol. The lowest BCUT2D eigenvalue weighted by Gasteiger charge is -2.47. The maximum atomic E-state index is 14.6. The predicted molar refractivity (Wildman–Crippen MR) is 230 cm³/mol. The van der Waals surface area contributed by atoms with Crippen LogP contribution < -0.4 is 0 Å². The first-order chi connectivity index (χ1) is 26.7. The number of fused-ring (bicyclic) bond motifs is 6. The summed E-state index contributed by atoms with van der Waals surface area (Å²) in [5, 5.41) is 0.859. The van der Waals surface area contributed by atoms with Crippen molar-refractivity contribution in [2.75, 3.05) is 0 Å². The Morgan fingerprint density at radius 2 is 1.48 bits per heavy atom. The molecule has 3 heterocycles. The molecule has 4 aromatic carbocycles. The first-order valence-electron chi connectivity index (χ1n) is 19.9. The van der Waals surface area contributed by atoms with Crippen molar-refractivity contribution in [2.45, 2.75) is 110 Å². The number of ketones is 1. The van der Waals surface area contributed by atoms with E-state index in [4.69, 9.17) is 22.1 Å². The van der Waals surface area contributed by atoms with Crippen LogP contribution in [0.3, 0.4) is 0 Å². The zero-order valence-electron chi connectivity index (χ0n) is 33.0. The van der Waals surface area contributed by atoms with Gasteiger partial charge in [-0.3, -0.25) is 9.59 Å². The number of carbonyl (C=O) groups excluding carboxylic acids is 3. The van der Waals surface area contributed by atoms with Crippen LogP contribution in [0.15, 0.2) is 107 Å². The van der Waals surface area contributed by atoms with Crippen LogP contribution in [0.2, 0.25) is 0 Å². The van der Waals surface area contributed by atoms with Crippen LogP contribution in [0.4, 0.5) is 0 Å². The molecule has 0 aromatic heterocycles. The van der Waals surface area contributed by atoms with Gasteiger partial charge in [-0.05, 0) is 89.1 Å². The molecule has 290 valence electrons. The summed E-state index contributed by atoms with van der Waals surface area (Å²) in [6.45, 7) is 15.5. The highest BCUT2D eigenvalue weighted by molar-refractivity contribution is 8.01. The van der Waals surface area contributed by atoms with E-state index >= 15 is 0 Å². The van der Waals surface area contributed by atoms with Crippen LogP contribution in [-0.2, 0) is 30.3 Å². The second kappa shape index (κ2) is 14.6. The highest BCUT2D eigenvalue weighted by Crippen LogP contribution is 2.63. The zero-order chi connectivity index (χ0) is 39.7. The van der Waals surface area contributed by atoms with E-state index in [9.17, 15) is 14.4 Å². The van der Waals surface area contributed by atoms with Crippen molar-refractivity contribution in [1.82, 2.24) is 0 Å². The zero-order valence-corrected chi connectivity index (χ0v) is 35.5. The molecule has 0 amide bonds. The van der Waals surface area contributed by atoms with Crippen LogP contribution in [0.1, 0.15) is 112 Å². The number of thioether (sulfide) groups is 1. The predicted octanol–water partition coefficient (Wildman–Crippen LogP) is 11.6. The van der Waals surface area contributed by atoms with E-state index in [-0.39, 0.29) is 28.8 Å². The van der Waals surface area contributed by atoms with Gasteiger partial charge in [0.05, 0.1) is 5.41 Å². The fourth-order valence-electron chi connectivity index (χ4n) is 9.63. The first-order valence-corrected chi connectivity index (χ1v) is 22.2. The third kappa shape index (κ3) is 6.12. The van der Waals surface area contributed by atoms with Gasteiger partial charge in [-0.2, -0.15) is 24.4 Å². The Morgan fingerprint density at radius 3 is 2.12 bits per heavy atom. The van der Waals surface area contributed by atoms with Crippen LogP contribution in [-0.4, -0.2) is 33.5 Å². The molecule has 2 bridgehead atoms. The Bertz CT molecular complexity index is 2270. The molecule has 4 aliphatic rings. The van der Waals surface area contributed by atoms with Gasteiger partial charge in [-0.15, -0.1) is 0 Å². The molecule has 8 heteroatoms. The van der Waals surface area contributed by atoms with Crippen LogP contribution >= 0.6 is 36.2 Å². The highest BCUT2D eigenvalue weighted by atomic mass is 32.2. The Hall–Kier alpha value is -3.72. The fourth-order valence-corrected chi connectivity index (χ4v) is 13.1. The quantitative estimate of drug-likeness (QED) is 0.103. The molecule has 0 radical (unpaired) electrons. The van der Waals surface area contributed by atoms with E-state index in [0.29, 0.717) is 44.7 Å². The third-order valence-corrected chi connectivity index (χ3v) is 16.0. The smallest absolute Gasteiger partial charge is 0.334 e. The second-order valence-electron chi connectivity index (χ2n) is 16.9. The van der Waals surface area contributed by atoms with Gasteiger partial charge in [-0.25, -0.2) is 4.79 Å². The average molecular weight is 803 g/mol. The summed E-state index contributed by atoms with van der Waals surface area (Å²) >= 11 is 8.83. The Labute approximate surface area is 345 Å². The van der Waals surface area contributed by atoms with Crippen LogP contribution in [0, 0.1) is 17.3 Å². The van der Waals surface area contributed by atoms with Crippen molar-refractivity contribution in [3.63, 3.8) is 0 Å². The van der Waals surface area contributed by atoms with E-state index in [2.05, 4.69) is 74.7 Å². The Kier molecular flexibility index (Phi) is 10.2. The topological polar surface area (TPSA) is 69.7 Å². The van der Waals surface area contributed by atoms with Gasteiger partial charge in [0.15, 0.2) is 17.0 Å². The van der Waals surface area contributed by atoms with Crippen LogP contribution in [0.5, 0.6) is 0 Å². The molecule has 3 aliphatic heterocycles. The normalized spacial score (nSPS) is 25.6. The van der Waals surface area contributed by atoms with Gasteiger partial charge in [0, 0.05) is 76.3 Å². The van der Waals surface area contributed by atoms with E-state index in [1.54, 1.807) is 18.7 Å². The standard InChI is InChI=1S/C48H50O5S3/c1-8-33(39(54)9-2)47(52-44(50)27(3)4)34-15-11-10-14-31(34)43(49)32-24-28(18-21-35(32)47)29-19-22-37-42(25-29)56-40-17-13-12-16-36(40)48(37,53-45(51)46(5,6)7)38-26-30-20-23-41(38)55-30/h10-19,21-22,24-25,30,33,38-39,41,54H,3,8-9,20,23,26H2,1-2,4-7H3. The largest absolute Gasteiger partial charge is 0.448 e. The van der Waals surface area contributed by atoms with Crippen molar-refractivity contribution in [2.24, 2.45) is 17.3 Å². The molecule has 7 unspecified atom stereocenters. The molecule has 8 rings (SSSR count). The number of hydrogen-bond acceptors (Lipinski definition) is 8. The summed E-state index contributed by atoms with van der Waals surface area (Å²) in [5.41, 5.74) is 3.73. The highest BCUT2D eigenvalue weighted by Gasteiger charge is 2.59. The Morgan fingerprint density at radius 1 is 0.839 bits per heavy atom. The monoisotopic (exact) mass is 802 g/mol. The summed E-state index contributed by atoms with van der Waals surface area (Å²) in [5.74, 6) is -0.902. The lowest BCUT2D eigenvalue weighted by molar-refractivity contribution is -0.173. The van der Waals surface area contributed by atoms with Gasteiger partial charge < -0.3 is 9.47 Å². The first kappa shape index (κ1) is 39.1. The van der Waals surface area contributed by atoms with E-state index in [1.807, 2.05) is 63.2 Å². The average Bonchev–Trinajstić information content (AvgIpc) is 3.84. The summed E-state index contributed by atoms with van der Waals surface area (Å²) in [4.78, 5) is 44.4. The molecule has 0 saturated carbocycles. The van der Waals surface area contributed by atoms with Gasteiger partial charge in [0.1, 0.15) is 0 Å². The van der Waals surface area contributed by atoms with E-state index in [1.165, 1.54) is 6.42 Å². The van der Waals surface area contributed by atoms with Gasteiger partial charge in [0.2, 0.25) is 0 Å². The third-order valence-electron chi connectivity index (χ3n) is 12.4. The minimum atomic E-state index is -1.25. The molecule has 1 aliphatic carbocycles. The number of benzene rings is 4. The van der Waals surface area contributed by atoms with E-state index < -0.39 is 22.6 Å². The summed E-state index contributed by atoms with van der Waals surface area (Å²) in [6.07, 6.45) is 4.75. The lowest BCUT2D eigenvalue weighted by Crippen LogP contribution is -2.48. The minimum absolute atomic E-state index is 0.107. The molecule has 2 saturated heterocycles. The molecule has 5 nitrogen and oxygen atoms in total. The number of thiol groups is 1. The van der Waals surface area contributed by atoms with Crippen molar-refractivity contribution in [3.8, 4) is 11.1 Å². The van der Waals surface area contributed by atoms with Crippen LogP contribution in [0.25, 0.3) is 11.1 Å². The van der Waals surface area contributed by atoms with Gasteiger partial charge in [-0.1, -0.05) is 98.9 Å². The number of esters is 2. The summed E-state index contributed by atoms with van der Waals surface area (Å²) < 4.78 is 13.6. The molecule has 2 fully saturated rings. The molecule has 56 heavy (non-hydrogen) atoms. The van der Waals surface area contributed by atoms with Gasteiger partial charge in [0.25, 0.3) is 0 Å². The fraction of sp³-hybridized carbons (Fsp3) is 0.396. The maximum Gasteiger partial charge on any atom is 0.334 e. The molecule has 0 spiro atoms.